The maximum atomic E-state index is 12.1. The van der Waals surface area contributed by atoms with Gasteiger partial charge in [-0.25, -0.2) is 4.79 Å². The highest BCUT2D eigenvalue weighted by Gasteiger charge is 2.09. The molecule has 1 N–H and O–H groups in total. The van der Waals surface area contributed by atoms with Gasteiger partial charge in [-0.1, -0.05) is 0 Å². The molecule has 1 aromatic carbocycles. The van der Waals surface area contributed by atoms with Gasteiger partial charge in [0.2, 0.25) is 0 Å². The van der Waals surface area contributed by atoms with Crippen LogP contribution in [0.3, 0.4) is 0 Å². The Balaban J connectivity index is 2.44. The number of amides is 1. The first-order valence-electron chi connectivity index (χ1n) is 4.99. The highest BCUT2D eigenvalue weighted by atomic mass is 32.2. The minimum absolute atomic E-state index is 0.0474. The summed E-state index contributed by atoms with van der Waals surface area (Å²) >= 11 is 0.0616. The van der Waals surface area contributed by atoms with E-state index >= 15 is 0 Å². The Morgan fingerprint density at radius 2 is 2.00 bits per heavy atom. The van der Waals surface area contributed by atoms with E-state index in [2.05, 4.69) is 4.84 Å². The van der Waals surface area contributed by atoms with Crippen LogP contribution in [0.25, 0.3) is 0 Å². The number of aldehydes is 1. The molecule has 0 heterocycles. The van der Waals surface area contributed by atoms with Gasteiger partial charge in [0.05, 0.1) is 17.7 Å². The first-order valence-corrected chi connectivity index (χ1v) is 5.71. The van der Waals surface area contributed by atoms with Gasteiger partial charge in [-0.05, 0) is 24.3 Å². The average molecular weight is 271 g/mol. The average Bonchev–Trinajstić information content (AvgIpc) is 2.42. The van der Waals surface area contributed by atoms with Crippen LogP contribution < -0.4 is 5.48 Å². The monoisotopic (exact) mass is 271 g/mol. The number of carbonyl (C=O) groups excluding carboxylic acids is 3. The Morgan fingerprint density at radius 1 is 1.33 bits per heavy atom. The zero-order valence-electron chi connectivity index (χ0n) is 9.22. The lowest BCUT2D eigenvalue weighted by Crippen LogP contribution is -2.26. The van der Waals surface area contributed by atoms with Crippen LogP contribution in [0.5, 0.6) is 0 Å². The third kappa shape index (κ3) is 4.54. The molecule has 0 saturated carbocycles. The molecule has 1 amide bonds. The van der Waals surface area contributed by atoms with Gasteiger partial charge < -0.3 is 9.63 Å². The summed E-state index contributed by atoms with van der Waals surface area (Å²) in [5, 5.41) is 0. The van der Waals surface area contributed by atoms with Crippen molar-refractivity contribution in [3.05, 3.63) is 29.8 Å². The third-order valence-electron chi connectivity index (χ3n) is 1.93. The normalized spacial score (nSPS) is 9.61. The lowest BCUT2D eigenvalue weighted by molar-refractivity contribution is -0.130. The van der Waals surface area contributed by atoms with E-state index in [1.165, 1.54) is 24.3 Å². The molecule has 0 unspecified atom stereocenters. The Hall–Kier alpha value is -1.89. The number of halogens is 1. The fourth-order valence-electron chi connectivity index (χ4n) is 1.05. The van der Waals surface area contributed by atoms with Crippen molar-refractivity contribution in [2.24, 2.45) is 0 Å². The Kier molecular flexibility index (Phi) is 5.86. The van der Waals surface area contributed by atoms with E-state index in [0.29, 0.717) is 11.2 Å². The number of nitrogens with one attached hydrogen (secondary N) is 1. The van der Waals surface area contributed by atoms with E-state index in [-0.39, 0.29) is 30.6 Å². The van der Waals surface area contributed by atoms with E-state index in [4.69, 9.17) is 0 Å². The predicted molar refractivity (Wildman–Crippen MR) is 62.3 cm³/mol. The summed E-state index contributed by atoms with van der Waals surface area (Å²) in [7, 11) is 0. The zero-order valence-corrected chi connectivity index (χ0v) is 10.0. The van der Waals surface area contributed by atoms with Gasteiger partial charge in [0.15, 0.2) is 0 Å². The molecule has 0 saturated heterocycles. The van der Waals surface area contributed by atoms with Crippen molar-refractivity contribution in [1.82, 2.24) is 5.48 Å². The van der Waals surface area contributed by atoms with Crippen LogP contribution in [-0.2, 0) is 14.4 Å². The molecule has 0 aromatic heterocycles. The summed E-state index contributed by atoms with van der Waals surface area (Å²) in [5.74, 6) is -1.32. The molecule has 0 spiro atoms. The fourth-order valence-corrected chi connectivity index (χ4v) is 1.28. The second-order valence-corrected chi connectivity index (χ2v) is 3.85. The van der Waals surface area contributed by atoms with Crippen molar-refractivity contribution in [2.45, 2.75) is 17.7 Å². The summed E-state index contributed by atoms with van der Waals surface area (Å²) in [5.41, 5.74) is 2.10. The maximum Gasteiger partial charge on any atom is 0.362 e. The molecular formula is C11H10FNO4S. The highest BCUT2D eigenvalue weighted by Crippen LogP contribution is 2.18. The molecule has 18 heavy (non-hydrogen) atoms. The Morgan fingerprint density at radius 3 is 2.56 bits per heavy atom. The van der Waals surface area contributed by atoms with Crippen LogP contribution in [0.2, 0.25) is 0 Å². The van der Waals surface area contributed by atoms with Crippen molar-refractivity contribution in [3.63, 3.8) is 0 Å². The van der Waals surface area contributed by atoms with Crippen LogP contribution >= 0.6 is 12.1 Å². The summed E-state index contributed by atoms with van der Waals surface area (Å²) in [6.45, 7) is 0. The molecule has 0 bridgehead atoms. The van der Waals surface area contributed by atoms with Crippen LogP contribution in [0.4, 0.5) is 3.89 Å². The molecule has 5 nitrogen and oxygen atoms in total. The first kappa shape index (κ1) is 14.2. The molecule has 0 atom stereocenters. The Labute approximate surface area is 107 Å². The number of rotatable bonds is 5. The summed E-state index contributed by atoms with van der Waals surface area (Å²) < 4.78 is 12.1. The minimum Gasteiger partial charge on any atom is -0.335 e. The van der Waals surface area contributed by atoms with Crippen LogP contribution in [0.1, 0.15) is 23.2 Å². The highest BCUT2D eigenvalue weighted by molar-refractivity contribution is 7.94. The van der Waals surface area contributed by atoms with E-state index in [0.717, 1.165) is 0 Å². The molecule has 1 aromatic rings. The van der Waals surface area contributed by atoms with Gasteiger partial charge in [0.25, 0.3) is 5.91 Å². The number of hydrogen-bond donors (Lipinski definition) is 1. The third-order valence-corrected chi connectivity index (χ3v) is 2.38. The number of hydrogen-bond acceptors (Lipinski definition) is 5. The van der Waals surface area contributed by atoms with Crippen molar-refractivity contribution in [3.8, 4) is 0 Å². The van der Waals surface area contributed by atoms with Crippen molar-refractivity contribution >= 4 is 30.3 Å². The van der Waals surface area contributed by atoms with Crippen molar-refractivity contribution in [1.29, 1.82) is 0 Å². The van der Waals surface area contributed by atoms with Gasteiger partial charge >= 0.3 is 5.97 Å². The Bertz CT molecular complexity index is 435. The zero-order chi connectivity index (χ0) is 13.4. The molecule has 0 aliphatic heterocycles. The van der Waals surface area contributed by atoms with E-state index in [1.54, 1.807) is 0 Å². The lowest BCUT2D eigenvalue weighted by atomic mass is 10.2. The second-order valence-electron chi connectivity index (χ2n) is 3.22. The van der Waals surface area contributed by atoms with Crippen LogP contribution in [0, 0.1) is 0 Å². The fraction of sp³-hybridized carbons (Fsp3) is 0.182. The standard InChI is InChI=1S/C11H10FNO4S/c12-18-9-5-3-8(4-6-9)11(16)17-13-10(15)2-1-7-14/h3-7H,1-2H2,(H,13,15). The van der Waals surface area contributed by atoms with Gasteiger partial charge in [-0.15, -0.1) is 0 Å². The summed E-state index contributed by atoms with van der Waals surface area (Å²) in [6, 6.07) is 5.58. The van der Waals surface area contributed by atoms with Crippen molar-refractivity contribution < 1.29 is 23.1 Å². The molecule has 0 aliphatic rings. The van der Waals surface area contributed by atoms with Gasteiger partial charge in [0, 0.05) is 17.7 Å². The van der Waals surface area contributed by atoms with E-state index in [1.807, 2.05) is 5.48 Å². The largest absolute Gasteiger partial charge is 0.362 e. The number of hydroxylamine groups is 1. The van der Waals surface area contributed by atoms with E-state index < -0.39 is 11.9 Å². The molecule has 0 aliphatic carbocycles. The van der Waals surface area contributed by atoms with Gasteiger partial charge in [-0.2, -0.15) is 9.37 Å². The topological polar surface area (TPSA) is 72.5 Å². The SMILES string of the molecule is O=CCCC(=O)NOC(=O)c1ccc(SF)cc1. The van der Waals surface area contributed by atoms with Gasteiger partial charge in [-0.3, -0.25) is 4.79 Å². The molecule has 0 fully saturated rings. The molecular weight excluding hydrogens is 261 g/mol. The molecule has 96 valence electrons. The molecule has 0 radical (unpaired) electrons. The number of benzene rings is 1. The smallest absolute Gasteiger partial charge is 0.335 e. The van der Waals surface area contributed by atoms with Gasteiger partial charge in [0.1, 0.15) is 6.29 Å². The van der Waals surface area contributed by atoms with Crippen molar-refractivity contribution in [2.75, 3.05) is 0 Å². The van der Waals surface area contributed by atoms with E-state index in [9.17, 15) is 18.3 Å². The predicted octanol–water partition coefficient (Wildman–Crippen LogP) is 1.83. The number of carbonyl (C=O) groups is 3. The maximum absolute atomic E-state index is 12.1. The quantitative estimate of drug-likeness (QED) is 0.653. The molecule has 1 rings (SSSR count). The lowest BCUT2D eigenvalue weighted by Gasteiger charge is -2.04. The minimum atomic E-state index is -0.759. The summed E-state index contributed by atoms with van der Waals surface area (Å²) in [6.07, 6.45) is 0.606. The summed E-state index contributed by atoms with van der Waals surface area (Å²) in [4.78, 5) is 37.3. The molecule has 7 heteroatoms. The first-order chi connectivity index (χ1) is 8.67. The van der Waals surface area contributed by atoms with Crippen LogP contribution in [0.15, 0.2) is 29.2 Å². The second kappa shape index (κ2) is 7.44. The van der Waals surface area contributed by atoms with Crippen LogP contribution in [-0.4, -0.2) is 18.2 Å².